The lowest BCUT2D eigenvalue weighted by Crippen LogP contribution is -1.99. The molecule has 0 saturated carbocycles. The van der Waals surface area contributed by atoms with Crippen LogP contribution in [0.15, 0.2) is 28.7 Å². The van der Waals surface area contributed by atoms with E-state index in [0.29, 0.717) is 33.6 Å². The van der Waals surface area contributed by atoms with Gasteiger partial charge in [0.2, 0.25) is 5.76 Å². The fraction of sp³-hybridized carbons (Fsp3) is 0.154. The van der Waals surface area contributed by atoms with Crippen LogP contribution < -0.4 is 5.32 Å². The number of benzene rings is 1. The molecule has 19 heavy (non-hydrogen) atoms. The highest BCUT2D eigenvalue weighted by molar-refractivity contribution is 6.35. The molecule has 0 aliphatic rings. The van der Waals surface area contributed by atoms with Gasteiger partial charge in [0, 0.05) is 10.6 Å². The summed E-state index contributed by atoms with van der Waals surface area (Å²) in [5.41, 5.74) is 1.25. The van der Waals surface area contributed by atoms with E-state index in [2.05, 4.69) is 5.32 Å². The number of rotatable bonds is 4. The van der Waals surface area contributed by atoms with Crippen LogP contribution in [0.25, 0.3) is 0 Å². The zero-order chi connectivity index (χ0) is 14.0. The topological polar surface area (TPSA) is 62.5 Å². The number of hydrogen-bond acceptors (Lipinski definition) is 3. The van der Waals surface area contributed by atoms with Crippen LogP contribution in [0.4, 0.5) is 5.69 Å². The van der Waals surface area contributed by atoms with Gasteiger partial charge in [-0.25, -0.2) is 4.79 Å². The smallest absolute Gasteiger partial charge is 0.372 e. The van der Waals surface area contributed by atoms with Gasteiger partial charge in [-0.15, -0.1) is 0 Å². The van der Waals surface area contributed by atoms with E-state index in [1.807, 2.05) is 0 Å². The molecule has 0 aliphatic heterocycles. The molecule has 1 heterocycles. The summed E-state index contributed by atoms with van der Waals surface area (Å²) in [5, 5.41) is 13.0. The quantitative estimate of drug-likeness (QED) is 0.888. The van der Waals surface area contributed by atoms with Gasteiger partial charge in [-0.3, -0.25) is 0 Å². The summed E-state index contributed by atoms with van der Waals surface area (Å²) in [6.07, 6.45) is 0. The number of aryl methyl sites for hydroxylation is 1. The molecule has 0 amide bonds. The normalized spacial score (nSPS) is 10.5. The predicted molar refractivity (Wildman–Crippen MR) is 74.2 cm³/mol. The Balaban J connectivity index is 2.12. The summed E-state index contributed by atoms with van der Waals surface area (Å²) in [6.45, 7) is 2.01. The van der Waals surface area contributed by atoms with Crippen molar-refractivity contribution >= 4 is 34.9 Å². The average Bonchev–Trinajstić information content (AvgIpc) is 2.72. The summed E-state index contributed by atoms with van der Waals surface area (Å²) in [5.74, 6) is -0.607. The summed E-state index contributed by atoms with van der Waals surface area (Å²) in [7, 11) is 0. The second-order valence-corrected chi connectivity index (χ2v) is 4.85. The monoisotopic (exact) mass is 299 g/mol. The summed E-state index contributed by atoms with van der Waals surface area (Å²) >= 11 is 11.9. The van der Waals surface area contributed by atoms with E-state index >= 15 is 0 Å². The maximum atomic E-state index is 10.9. The van der Waals surface area contributed by atoms with Crippen LogP contribution in [0.3, 0.4) is 0 Å². The van der Waals surface area contributed by atoms with E-state index in [1.54, 1.807) is 31.2 Å². The van der Waals surface area contributed by atoms with Gasteiger partial charge in [-0.05, 0) is 31.2 Å². The Morgan fingerprint density at radius 3 is 2.74 bits per heavy atom. The summed E-state index contributed by atoms with van der Waals surface area (Å²) in [4.78, 5) is 10.9. The van der Waals surface area contributed by atoms with Crippen molar-refractivity contribution in [2.45, 2.75) is 13.5 Å². The number of carbonyl (C=O) groups is 1. The fourth-order valence-electron chi connectivity index (χ4n) is 1.66. The molecular weight excluding hydrogens is 289 g/mol. The lowest BCUT2D eigenvalue weighted by atomic mass is 10.2. The standard InChI is InChI=1S/C13H11Cl2NO3/c1-7-4-9(19-12(7)13(17)18)6-16-11-5-8(14)2-3-10(11)15/h2-5,16H,6H2,1H3,(H,17,18). The minimum absolute atomic E-state index is 0.0472. The third-order valence-electron chi connectivity index (χ3n) is 2.54. The molecule has 2 N–H and O–H groups in total. The Kier molecular flexibility index (Phi) is 4.02. The van der Waals surface area contributed by atoms with Gasteiger partial charge >= 0.3 is 5.97 Å². The molecule has 0 fully saturated rings. The number of aromatic carboxylic acids is 1. The first-order chi connectivity index (χ1) is 8.97. The lowest BCUT2D eigenvalue weighted by Gasteiger charge is -2.06. The van der Waals surface area contributed by atoms with Crippen molar-refractivity contribution in [3.05, 3.63) is 51.4 Å². The molecule has 0 spiro atoms. The zero-order valence-corrected chi connectivity index (χ0v) is 11.5. The molecule has 0 bridgehead atoms. The van der Waals surface area contributed by atoms with Crippen LogP contribution in [-0.4, -0.2) is 11.1 Å². The van der Waals surface area contributed by atoms with Crippen LogP contribution in [-0.2, 0) is 6.54 Å². The van der Waals surface area contributed by atoms with Crippen molar-refractivity contribution in [2.75, 3.05) is 5.32 Å². The van der Waals surface area contributed by atoms with Gasteiger partial charge in [-0.1, -0.05) is 23.2 Å². The first-order valence-electron chi connectivity index (χ1n) is 5.49. The molecular formula is C13H11Cl2NO3. The molecule has 4 nitrogen and oxygen atoms in total. The second-order valence-electron chi connectivity index (χ2n) is 4.01. The summed E-state index contributed by atoms with van der Waals surface area (Å²) < 4.78 is 5.23. The van der Waals surface area contributed by atoms with Crippen molar-refractivity contribution in [3.8, 4) is 0 Å². The largest absolute Gasteiger partial charge is 0.475 e. The minimum Gasteiger partial charge on any atom is -0.475 e. The van der Waals surface area contributed by atoms with Crippen LogP contribution in [0, 0.1) is 6.92 Å². The van der Waals surface area contributed by atoms with Gasteiger partial charge < -0.3 is 14.8 Å². The number of nitrogens with one attached hydrogen (secondary N) is 1. The van der Waals surface area contributed by atoms with E-state index in [0.717, 1.165) is 0 Å². The number of furan rings is 1. The Morgan fingerprint density at radius 2 is 2.11 bits per heavy atom. The molecule has 6 heteroatoms. The third-order valence-corrected chi connectivity index (χ3v) is 3.11. The molecule has 100 valence electrons. The first-order valence-corrected chi connectivity index (χ1v) is 6.24. The Hall–Kier alpha value is -1.65. The van der Waals surface area contributed by atoms with Crippen LogP contribution in [0.5, 0.6) is 0 Å². The number of halogens is 2. The maximum absolute atomic E-state index is 10.9. The molecule has 2 aromatic rings. The highest BCUT2D eigenvalue weighted by Gasteiger charge is 2.14. The second kappa shape index (κ2) is 5.55. The average molecular weight is 300 g/mol. The van der Waals surface area contributed by atoms with Crippen LogP contribution in [0.1, 0.15) is 21.9 Å². The van der Waals surface area contributed by atoms with Gasteiger partial charge in [0.1, 0.15) is 5.76 Å². The Bertz CT molecular complexity index is 622. The van der Waals surface area contributed by atoms with E-state index in [4.69, 9.17) is 32.7 Å². The van der Waals surface area contributed by atoms with Crippen molar-refractivity contribution in [1.82, 2.24) is 0 Å². The van der Waals surface area contributed by atoms with Gasteiger partial charge in [0.05, 0.1) is 17.3 Å². The highest BCUT2D eigenvalue weighted by Crippen LogP contribution is 2.26. The van der Waals surface area contributed by atoms with Gasteiger partial charge in [0.25, 0.3) is 0 Å². The molecule has 0 atom stereocenters. The fourth-order valence-corrected chi connectivity index (χ4v) is 2.02. The SMILES string of the molecule is Cc1cc(CNc2cc(Cl)ccc2Cl)oc1C(=O)O. The summed E-state index contributed by atoms with van der Waals surface area (Å²) in [6, 6.07) is 6.74. The molecule has 0 saturated heterocycles. The van der Waals surface area contributed by atoms with E-state index in [9.17, 15) is 4.79 Å². The molecule has 0 radical (unpaired) electrons. The van der Waals surface area contributed by atoms with E-state index in [-0.39, 0.29) is 5.76 Å². The number of carboxylic acids is 1. The van der Waals surface area contributed by atoms with Gasteiger partial charge in [0.15, 0.2) is 0 Å². The lowest BCUT2D eigenvalue weighted by molar-refractivity contribution is 0.0659. The number of carboxylic acid groups (broad SMARTS) is 1. The Labute approximate surface area is 119 Å². The molecule has 1 aromatic carbocycles. The molecule has 0 unspecified atom stereocenters. The predicted octanol–water partition coefficient (Wildman–Crippen LogP) is 4.21. The van der Waals surface area contributed by atoms with Crippen molar-refractivity contribution < 1.29 is 14.3 Å². The third kappa shape index (κ3) is 3.22. The molecule has 2 rings (SSSR count). The maximum Gasteiger partial charge on any atom is 0.372 e. The van der Waals surface area contributed by atoms with Crippen molar-refractivity contribution in [3.63, 3.8) is 0 Å². The van der Waals surface area contributed by atoms with Crippen LogP contribution in [0.2, 0.25) is 10.0 Å². The van der Waals surface area contributed by atoms with Crippen LogP contribution >= 0.6 is 23.2 Å². The number of hydrogen-bond donors (Lipinski definition) is 2. The number of anilines is 1. The van der Waals surface area contributed by atoms with E-state index in [1.165, 1.54) is 0 Å². The van der Waals surface area contributed by atoms with Crippen molar-refractivity contribution in [2.24, 2.45) is 0 Å². The Morgan fingerprint density at radius 1 is 1.37 bits per heavy atom. The first kappa shape index (κ1) is 13.8. The minimum atomic E-state index is -1.08. The zero-order valence-electron chi connectivity index (χ0n) is 10.0. The highest BCUT2D eigenvalue weighted by atomic mass is 35.5. The van der Waals surface area contributed by atoms with E-state index < -0.39 is 5.97 Å². The molecule has 0 aliphatic carbocycles. The molecule has 1 aromatic heterocycles. The van der Waals surface area contributed by atoms with Crippen molar-refractivity contribution in [1.29, 1.82) is 0 Å². The van der Waals surface area contributed by atoms with Gasteiger partial charge in [-0.2, -0.15) is 0 Å².